The van der Waals surface area contributed by atoms with Crippen LogP contribution in [-0.4, -0.2) is 27.6 Å². The minimum atomic E-state index is -0.310. The highest BCUT2D eigenvalue weighted by molar-refractivity contribution is 5.96. The second-order valence-electron chi connectivity index (χ2n) is 6.05. The van der Waals surface area contributed by atoms with Gasteiger partial charge < -0.3 is 4.90 Å². The van der Waals surface area contributed by atoms with Crippen LogP contribution < -0.4 is 0 Å². The molecule has 25 heavy (non-hydrogen) atoms. The Bertz CT molecular complexity index is 903. The maximum Gasteiger partial charge on any atom is 0.257 e. The predicted octanol–water partition coefficient (Wildman–Crippen LogP) is 3.90. The van der Waals surface area contributed by atoms with Crippen LogP contribution in [0.4, 0.5) is 4.39 Å². The highest BCUT2D eigenvalue weighted by Crippen LogP contribution is 2.20. The molecule has 5 heteroatoms. The topological polar surface area (TPSA) is 38.1 Å². The quantitative estimate of drug-likeness (QED) is 0.724. The summed E-state index contributed by atoms with van der Waals surface area (Å²) < 4.78 is 15.6. The van der Waals surface area contributed by atoms with Gasteiger partial charge >= 0.3 is 0 Å². The Morgan fingerprint density at radius 2 is 1.72 bits per heavy atom. The average Bonchev–Trinajstić information content (AvgIpc) is 2.91. The number of hydrogen-bond donors (Lipinski definition) is 0. The number of para-hydroxylation sites is 1. The van der Waals surface area contributed by atoms with Crippen molar-refractivity contribution in [2.24, 2.45) is 0 Å². The van der Waals surface area contributed by atoms with Gasteiger partial charge in [-0.05, 0) is 32.0 Å². The van der Waals surface area contributed by atoms with Crippen molar-refractivity contribution in [1.29, 1.82) is 0 Å². The van der Waals surface area contributed by atoms with Crippen LogP contribution in [0.25, 0.3) is 5.69 Å². The summed E-state index contributed by atoms with van der Waals surface area (Å²) in [5.74, 6) is -0.476. The molecule has 0 bridgehead atoms. The molecular formula is C20H20FN3O. The van der Waals surface area contributed by atoms with Crippen LogP contribution in [0.1, 0.15) is 27.3 Å². The van der Waals surface area contributed by atoms with E-state index < -0.39 is 0 Å². The smallest absolute Gasteiger partial charge is 0.257 e. The van der Waals surface area contributed by atoms with Crippen LogP contribution in [-0.2, 0) is 6.54 Å². The third kappa shape index (κ3) is 3.31. The number of carbonyl (C=O) groups excluding carboxylic acids is 1. The number of carbonyl (C=O) groups is 1. The number of aromatic nitrogens is 2. The Labute approximate surface area is 146 Å². The fraction of sp³-hybridized carbons (Fsp3) is 0.200. The lowest BCUT2D eigenvalue weighted by Gasteiger charge is -2.18. The monoisotopic (exact) mass is 337 g/mol. The van der Waals surface area contributed by atoms with E-state index in [0.29, 0.717) is 16.8 Å². The first-order chi connectivity index (χ1) is 12.0. The first-order valence-corrected chi connectivity index (χ1v) is 8.09. The van der Waals surface area contributed by atoms with Gasteiger partial charge in [0.15, 0.2) is 0 Å². The molecule has 1 heterocycles. The number of halogens is 1. The summed E-state index contributed by atoms with van der Waals surface area (Å²) in [5.41, 5.74) is 3.38. The van der Waals surface area contributed by atoms with Crippen molar-refractivity contribution in [3.63, 3.8) is 0 Å². The van der Waals surface area contributed by atoms with Gasteiger partial charge in [0.25, 0.3) is 5.91 Å². The normalized spacial score (nSPS) is 10.7. The standard InChI is InChI=1S/C20H20FN3O/c1-14-19(15(2)24(22-14)17-10-5-4-6-11-17)20(25)23(3)13-16-9-7-8-12-18(16)21/h4-12H,13H2,1-3H3. The predicted molar refractivity (Wildman–Crippen MR) is 95.2 cm³/mol. The maximum absolute atomic E-state index is 13.8. The zero-order valence-corrected chi connectivity index (χ0v) is 14.5. The van der Waals surface area contributed by atoms with Crippen molar-refractivity contribution in [1.82, 2.24) is 14.7 Å². The Hall–Kier alpha value is -2.95. The van der Waals surface area contributed by atoms with Gasteiger partial charge in [0.05, 0.1) is 22.6 Å². The van der Waals surface area contributed by atoms with Gasteiger partial charge in [-0.15, -0.1) is 0 Å². The second-order valence-corrected chi connectivity index (χ2v) is 6.05. The van der Waals surface area contributed by atoms with Crippen molar-refractivity contribution in [3.05, 3.63) is 82.9 Å². The number of nitrogens with zero attached hydrogens (tertiary/aromatic N) is 3. The number of aryl methyl sites for hydroxylation is 1. The molecule has 0 spiro atoms. The van der Waals surface area contributed by atoms with E-state index in [1.54, 1.807) is 29.9 Å². The summed E-state index contributed by atoms with van der Waals surface area (Å²) in [6.45, 7) is 3.90. The Balaban J connectivity index is 1.90. The van der Waals surface area contributed by atoms with Crippen LogP contribution in [0.15, 0.2) is 54.6 Å². The van der Waals surface area contributed by atoms with Crippen molar-refractivity contribution < 1.29 is 9.18 Å². The summed E-state index contributed by atoms with van der Waals surface area (Å²) in [5, 5.41) is 4.50. The zero-order chi connectivity index (χ0) is 18.0. The molecule has 1 aromatic heterocycles. The van der Waals surface area contributed by atoms with E-state index >= 15 is 0 Å². The molecular weight excluding hydrogens is 317 g/mol. The Morgan fingerprint density at radius 1 is 1.08 bits per heavy atom. The van der Waals surface area contributed by atoms with Crippen LogP contribution in [0.2, 0.25) is 0 Å². The van der Waals surface area contributed by atoms with E-state index in [0.717, 1.165) is 11.4 Å². The molecule has 1 amide bonds. The van der Waals surface area contributed by atoms with Gasteiger partial charge in [0.2, 0.25) is 0 Å². The first-order valence-electron chi connectivity index (χ1n) is 8.09. The number of amides is 1. The number of rotatable bonds is 4. The summed E-state index contributed by atoms with van der Waals surface area (Å²) in [4.78, 5) is 14.4. The molecule has 0 radical (unpaired) electrons. The fourth-order valence-corrected chi connectivity index (χ4v) is 2.92. The summed E-state index contributed by atoms with van der Waals surface area (Å²) in [6, 6.07) is 16.2. The van der Waals surface area contributed by atoms with Gasteiger partial charge in [0.1, 0.15) is 5.82 Å². The lowest BCUT2D eigenvalue weighted by atomic mass is 10.1. The van der Waals surface area contributed by atoms with E-state index in [9.17, 15) is 9.18 Å². The Kier molecular flexibility index (Phi) is 4.65. The lowest BCUT2D eigenvalue weighted by molar-refractivity contribution is 0.0782. The molecule has 2 aromatic carbocycles. The highest BCUT2D eigenvalue weighted by Gasteiger charge is 2.22. The lowest BCUT2D eigenvalue weighted by Crippen LogP contribution is -2.27. The van der Waals surface area contributed by atoms with Crippen LogP contribution in [0.3, 0.4) is 0 Å². The van der Waals surface area contributed by atoms with Gasteiger partial charge in [-0.1, -0.05) is 36.4 Å². The van der Waals surface area contributed by atoms with Crippen molar-refractivity contribution >= 4 is 5.91 Å². The Morgan fingerprint density at radius 3 is 2.40 bits per heavy atom. The van der Waals surface area contributed by atoms with E-state index in [-0.39, 0.29) is 18.3 Å². The number of benzene rings is 2. The third-order valence-corrected chi connectivity index (χ3v) is 4.22. The minimum absolute atomic E-state index is 0.166. The minimum Gasteiger partial charge on any atom is -0.337 e. The maximum atomic E-state index is 13.8. The molecule has 0 saturated heterocycles. The van der Waals surface area contributed by atoms with E-state index in [4.69, 9.17) is 0 Å². The average molecular weight is 337 g/mol. The van der Waals surface area contributed by atoms with Crippen LogP contribution >= 0.6 is 0 Å². The van der Waals surface area contributed by atoms with Crippen molar-refractivity contribution in [2.45, 2.75) is 20.4 Å². The summed E-state index contributed by atoms with van der Waals surface area (Å²) in [7, 11) is 1.67. The molecule has 0 aliphatic rings. The van der Waals surface area contributed by atoms with Gasteiger partial charge in [0, 0.05) is 19.2 Å². The molecule has 0 aliphatic heterocycles. The number of hydrogen-bond acceptors (Lipinski definition) is 2. The molecule has 0 saturated carbocycles. The van der Waals surface area contributed by atoms with Gasteiger partial charge in [-0.2, -0.15) is 5.10 Å². The fourth-order valence-electron chi connectivity index (χ4n) is 2.92. The first kappa shape index (κ1) is 16.9. The molecule has 0 N–H and O–H groups in total. The van der Waals surface area contributed by atoms with Gasteiger partial charge in [-0.25, -0.2) is 9.07 Å². The molecule has 0 unspecified atom stereocenters. The molecule has 0 atom stereocenters. The molecule has 0 aliphatic carbocycles. The van der Waals surface area contributed by atoms with E-state index in [2.05, 4.69) is 5.10 Å². The van der Waals surface area contributed by atoms with E-state index in [1.165, 1.54) is 11.0 Å². The van der Waals surface area contributed by atoms with Gasteiger partial charge in [-0.3, -0.25) is 4.79 Å². The molecule has 3 aromatic rings. The highest BCUT2D eigenvalue weighted by atomic mass is 19.1. The SMILES string of the molecule is Cc1nn(-c2ccccc2)c(C)c1C(=O)N(C)Cc1ccccc1F. The van der Waals surface area contributed by atoms with Crippen molar-refractivity contribution in [2.75, 3.05) is 7.05 Å². The zero-order valence-electron chi connectivity index (χ0n) is 14.5. The molecule has 3 rings (SSSR count). The van der Waals surface area contributed by atoms with Crippen molar-refractivity contribution in [3.8, 4) is 5.69 Å². The third-order valence-electron chi connectivity index (χ3n) is 4.22. The van der Waals surface area contributed by atoms with E-state index in [1.807, 2.05) is 44.2 Å². The largest absolute Gasteiger partial charge is 0.337 e. The summed E-state index contributed by atoms with van der Waals surface area (Å²) in [6.07, 6.45) is 0. The second kappa shape index (κ2) is 6.89. The molecule has 0 fully saturated rings. The summed E-state index contributed by atoms with van der Waals surface area (Å²) >= 11 is 0. The van der Waals surface area contributed by atoms with Crippen LogP contribution in [0, 0.1) is 19.7 Å². The molecule has 4 nitrogen and oxygen atoms in total. The van der Waals surface area contributed by atoms with Crippen LogP contribution in [0.5, 0.6) is 0 Å². The molecule has 128 valence electrons.